The van der Waals surface area contributed by atoms with E-state index in [1.807, 2.05) is 0 Å². The zero-order valence-electron chi connectivity index (χ0n) is 9.81. The molecule has 0 aromatic carbocycles. The van der Waals surface area contributed by atoms with Gasteiger partial charge in [0.05, 0.1) is 22.1 Å². The molecule has 94 valence electrons. The van der Waals surface area contributed by atoms with Gasteiger partial charge in [-0.15, -0.1) is 0 Å². The highest BCUT2D eigenvalue weighted by atomic mass is 35.5. The number of nitrogen functional groups attached to an aromatic ring is 1. The Kier molecular flexibility index (Phi) is 2.96. The van der Waals surface area contributed by atoms with Crippen LogP contribution in [0.15, 0.2) is 12.1 Å². The second kappa shape index (κ2) is 4.30. The van der Waals surface area contributed by atoms with Crippen molar-refractivity contribution in [2.45, 2.75) is 13.8 Å². The summed E-state index contributed by atoms with van der Waals surface area (Å²) in [5.74, 6) is -0.855. The van der Waals surface area contributed by atoms with Gasteiger partial charge in [-0.1, -0.05) is 11.6 Å². The van der Waals surface area contributed by atoms with Crippen LogP contribution in [-0.2, 0) is 0 Å². The van der Waals surface area contributed by atoms with E-state index >= 15 is 0 Å². The molecule has 7 heteroatoms. The number of carboxylic acid groups (broad SMARTS) is 1. The molecule has 2 aromatic heterocycles. The maximum atomic E-state index is 10.9. The topological polar surface area (TPSA) is 94.0 Å². The Morgan fingerprint density at radius 1 is 1.44 bits per heavy atom. The molecule has 0 spiro atoms. The average Bonchev–Trinajstić information content (AvgIpc) is 2.57. The number of rotatable bonds is 2. The summed E-state index contributed by atoms with van der Waals surface area (Å²) in [5.41, 5.74) is 7.33. The molecule has 0 amide bonds. The SMILES string of the molecule is Cc1nn(-c2nc(C(=O)O)ccc2N)c(C)c1Cl. The minimum atomic E-state index is -1.12. The molecular formula is C11H11ClN4O2. The Morgan fingerprint density at radius 3 is 2.61 bits per heavy atom. The first-order valence-corrected chi connectivity index (χ1v) is 5.51. The lowest BCUT2D eigenvalue weighted by Gasteiger charge is -2.07. The molecule has 0 saturated carbocycles. The predicted molar refractivity (Wildman–Crippen MR) is 67.2 cm³/mol. The zero-order chi connectivity index (χ0) is 13.4. The fraction of sp³-hybridized carbons (Fsp3) is 0.182. The quantitative estimate of drug-likeness (QED) is 0.865. The first-order valence-electron chi connectivity index (χ1n) is 5.13. The van der Waals surface area contributed by atoms with Gasteiger partial charge in [0.25, 0.3) is 0 Å². The summed E-state index contributed by atoms with van der Waals surface area (Å²) in [5, 5.41) is 13.6. The molecule has 2 aromatic rings. The number of carbonyl (C=O) groups is 1. The largest absolute Gasteiger partial charge is 0.477 e. The first-order chi connectivity index (χ1) is 8.41. The van der Waals surface area contributed by atoms with Gasteiger partial charge in [-0.3, -0.25) is 0 Å². The van der Waals surface area contributed by atoms with Crippen LogP contribution < -0.4 is 5.73 Å². The minimum Gasteiger partial charge on any atom is -0.477 e. The van der Waals surface area contributed by atoms with E-state index in [4.69, 9.17) is 22.4 Å². The Hall–Kier alpha value is -2.08. The van der Waals surface area contributed by atoms with Gasteiger partial charge in [0, 0.05) is 0 Å². The molecular weight excluding hydrogens is 256 g/mol. The first kappa shape index (κ1) is 12.4. The van der Waals surface area contributed by atoms with E-state index in [1.54, 1.807) is 13.8 Å². The Labute approximate surface area is 108 Å². The highest BCUT2D eigenvalue weighted by Gasteiger charge is 2.16. The van der Waals surface area contributed by atoms with Crippen molar-refractivity contribution < 1.29 is 9.90 Å². The number of aromatic carboxylic acids is 1. The summed E-state index contributed by atoms with van der Waals surface area (Å²) < 4.78 is 1.44. The van der Waals surface area contributed by atoms with E-state index in [0.29, 0.717) is 22.1 Å². The smallest absolute Gasteiger partial charge is 0.354 e. The van der Waals surface area contributed by atoms with Crippen LogP contribution in [0.2, 0.25) is 5.02 Å². The van der Waals surface area contributed by atoms with E-state index in [1.165, 1.54) is 16.8 Å². The molecule has 0 aliphatic heterocycles. The average molecular weight is 267 g/mol. The number of halogens is 1. The normalized spacial score (nSPS) is 10.6. The number of nitrogens with zero attached hydrogens (tertiary/aromatic N) is 3. The lowest BCUT2D eigenvalue weighted by atomic mass is 10.3. The van der Waals surface area contributed by atoms with Crippen LogP contribution >= 0.6 is 11.6 Å². The molecule has 0 unspecified atom stereocenters. The van der Waals surface area contributed by atoms with Gasteiger partial charge in [-0.25, -0.2) is 14.5 Å². The number of hydrogen-bond donors (Lipinski definition) is 2. The fourth-order valence-electron chi connectivity index (χ4n) is 1.58. The number of pyridine rings is 1. The maximum Gasteiger partial charge on any atom is 0.354 e. The number of aromatic nitrogens is 3. The lowest BCUT2D eigenvalue weighted by Crippen LogP contribution is -2.10. The van der Waals surface area contributed by atoms with Crippen molar-refractivity contribution in [1.82, 2.24) is 14.8 Å². The highest BCUT2D eigenvalue weighted by Crippen LogP contribution is 2.24. The standard InChI is InChI=1S/C11H11ClN4O2/c1-5-9(12)6(2)16(15-5)10-7(13)3-4-8(14-10)11(17)18/h3-4H,13H2,1-2H3,(H,17,18). The number of anilines is 1. The van der Waals surface area contributed by atoms with Crippen LogP contribution in [0.1, 0.15) is 21.9 Å². The molecule has 0 fully saturated rings. The fourth-order valence-corrected chi connectivity index (χ4v) is 1.70. The molecule has 3 N–H and O–H groups in total. The summed E-state index contributed by atoms with van der Waals surface area (Å²) >= 11 is 6.03. The Balaban J connectivity index is 2.66. The third-order valence-corrected chi connectivity index (χ3v) is 3.08. The highest BCUT2D eigenvalue weighted by molar-refractivity contribution is 6.31. The molecule has 18 heavy (non-hydrogen) atoms. The van der Waals surface area contributed by atoms with E-state index in [2.05, 4.69) is 10.1 Å². The molecule has 0 aliphatic rings. The summed E-state index contributed by atoms with van der Waals surface area (Å²) in [7, 11) is 0. The van der Waals surface area contributed by atoms with Gasteiger partial charge >= 0.3 is 5.97 Å². The second-order valence-electron chi connectivity index (χ2n) is 3.81. The van der Waals surface area contributed by atoms with Crippen LogP contribution in [0, 0.1) is 13.8 Å². The molecule has 0 saturated heterocycles. The van der Waals surface area contributed by atoms with Crippen molar-refractivity contribution in [2.24, 2.45) is 0 Å². The zero-order valence-corrected chi connectivity index (χ0v) is 10.6. The summed E-state index contributed by atoms with van der Waals surface area (Å²) in [6.07, 6.45) is 0. The van der Waals surface area contributed by atoms with Gasteiger partial charge < -0.3 is 10.8 Å². The maximum absolute atomic E-state index is 10.9. The summed E-state index contributed by atoms with van der Waals surface area (Å²) in [6.45, 7) is 3.51. The van der Waals surface area contributed by atoms with Crippen LogP contribution in [-0.4, -0.2) is 25.8 Å². The van der Waals surface area contributed by atoms with Crippen molar-refractivity contribution in [2.75, 3.05) is 5.73 Å². The van der Waals surface area contributed by atoms with Gasteiger partial charge in [-0.2, -0.15) is 5.10 Å². The van der Waals surface area contributed by atoms with Crippen molar-refractivity contribution in [3.05, 3.63) is 34.2 Å². The van der Waals surface area contributed by atoms with E-state index in [0.717, 1.165) is 0 Å². The summed E-state index contributed by atoms with van der Waals surface area (Å²) in [6, 6.07) is 2.82. The number of nitrogens with two attached hydrogens (primary N) is 1. The van der Waals surface area contributed by atoms with E-state index in [9.17, 15) is 4.79 Å². The molecule has 0 aliphatic carbocycles. The molecule has 6 nitrogen and oxygen atoms in total. The molecule has 2 heterocycles. The molecule has 0 atom stereocenters. The van der Waals surface area contributed by atoms with Crippen molar-refractivity contribution >= 4 is 23.3 Å². The van der Waals surface area contributed by atoms with E-state index in [-0.39, 0.29) is 11.5 Å². The lowest BCUT2D eigenvalue weighted by molar-refractivity contribution is 0.0690. The van der Waals surface area contributed by atoms with Gasteiger partial charge in [0.15, 0.2) is 11.5 Å². The minimum absolute atomic E-state index is 0.0946. The molecule has 0 radical (unpaired) electrons. The predicted octanol–water partition coefficient (Wildman–Crippen LogP) is 1.82. The van der Waals surface area contributed by atoms with Crippen LogP contribution in [0.4, 0.5) is 5.69 Å². The van der Waals surface area contributed by atoms with Crippen molar-refractivity contribution in [3.8, 4) is 5.82 Å². The van der Waals surface area contributed by atoms with Crippen molar-refractivity contribution in [1.29, 1.82) is 0 Å². The third kappa shape index (κ3) is 1.91. The summed E-state index contributed by atoms with van der Waals surface area (Å²) in [4.78, 5) is 14.9. The van der Waals surface area contributed by atoms with Gasteiger partial charge in [0.2, 0.25) is 0 Å². The second-order valence-corrected chi connectivity index (χ2v) is 4.19. The Morgan fingerprint density at radius 2 is 2.11 bits per heavy atom. The van der Waals surface area contributed by atoms with Gasteiger partial charge in [-0.05, 0) is 26.0 Å². The van der Waals surface area contributed by atoms with E-state index < -0.39 is 5.97 Å². The van der Waals surface area contributed by atoms with Crippen LogP contribution in [0.3, 0.4) is 0 Å². The number of carboxylic acids is 1. The molecule has 0 bridgehead atoms. The Bertz CT molecular complexity index is 636. The number of aryl methyl sites for hydroxylation is 1. The van der Waals surface area contributed by atoms with Gasteiger partial charge in [0.1, 0.15) is 0 Å². The molecule has 2 rings (SSSR count). The third-order valence-electron chi connectivity index (χ3n) is 2.53. The monoisotopic (exact) mass is 266 g/mol. The van der Waals surface area contributed by atoms with Crippen molar-refractivity contribution in [3.63, 3.8) is 0 Å². The number of hydrogen-bond acceptors (Lipinski definition) is 4. The van der Waals surface area contributed by atoms with Crippen LogP contribution in [0.5, 0.6) is 0 Å². The van der Waals surface area contributed by atoms with Crippen LogP contribution in [0.25, 0.3) is 5.82 Å².